The van der Waals surface area contributed by atoms with Crippen LogP contribution in [0.15, 0.2) is 22.6 Å². The van der Waals surface area contributed by atoms with Crippen LogP contribution in [0.4, 0.5) is 0 Å². The summed E-state index contributed by atoms with van der Waals surface area (Å²) in [7, 11) is 0. The predicted octanol–water partition coefficient (Wildman–Crippen LogP) is 2.29. The van der Waals surface area contributed by atoms with E-state index in [0.29, 0.717) is 25.2 Å². The number of aryl methyl sites for hydroxylation is 1. The number of aromatic nitrogens is 3. The molecule has 0 unspecified atom stereocenters. The lowest BCUT2D eigenvalue weighted by Crippen LogP contribution is -2.36. The number of thiazole rings is 1. The molecular weight excluding hydrogens is 338 g/mol. The van der Waals surface area contributed by atoms with E-state index in [1.165, 1.54) is 5.56 Å². The summed E-state index contributed by atoms with van der Waals surface area (Å²) in [4.78, 5) is 16.5. The van der Waals surface area contributed by atoms with Crippen LogP contribution in [0.3, 0.4) is 0 Å². The molecule has 0 bridgehead atoms. The van der Waals surface area contributed by atoms with Gasteiger partial charge < -0.3 is 9.73 Å². The minimum Gasteiger partial charge on any atom is -0.424 e. The third kappa shape index (κ3) is 3.37. The van der Waals surface area contributed by atoms with Crippen molar-refractivity contribution in [2.24, 2.45) is 0 Å². The quantitative estimate of drug-likeness (QED) is 0.754. The highest BCUT2D eigenvalue weighted by molar-refractivity contribution is 7.18. The third-order valence-electron chi connectivity index (χ3n) is 4.05. The van der Waals surface area contributed by atoms with Crippen LogP contribution in [0, 0.1) is 18.3 Å². The van der Waals surface area contributed by atoms with Crippen molar-refractivity contribution in [2.45, 2.75) is 38.1 Å². The van der Waals surface area contributed by atoms with Gasteiger partial charge in [0, 0.05) is 0 Å². The molecule has 126 valence electrons. The van der Waals surface area contributed by atoms with Crippen molar-refractivity contribution in [1.82, 2.24) is 20.5 Å². The molecule has 1 fully saturated rings. The van der Waals surface area contributed by atoms with Crippen LogP contribution in [0.5, 0.6) is 0 Å². The van der Waals surface area contributed by atoms with E-state index in [0.717, 1.165) is 15.2 Å². The number of fused-ring (bicyclic) bond motifs is 1. The van der Waals surface area contributed by atoms with Crippen molar-refractivity contribution in [3.05, 3.63) is 40.6 Å². The lowest BCUT2D eigenvalue weighted by molar-refractivity contribution is -0.121. The van der Waals surface area contributed by atoms with E-state index in [2.05, 4.69) is 38.7 Å². The second kappa shape index (κ2) is 5.93. The maximum atomic E-state index is 11.9. The minimum atomic E-state index is -0.681. The number of amides is 1. The molecule has 1 N–H and O–H groups in total. The highest BCUT2D eigenvalue weighted by Gasteiger charge is 2.44. The number of rotatable bonds is 5. The van der Waals surface area contributed by atoms with Crippen LogP contribution in [0.25, 0.3) is 10.2 Å². The molecule has 0 radical (unpaired) electrons. The minimum absolute atomic E-state index is 0.0184. The number of nitriles is 1. The zero-order valence-corrected chi connectivity index (χ0v) is 14.4. The Morgan fingerprint density at radius 3 is 2.96 bits per heavy atom. The molecule has 1 amide bonds. The molecule has 4 rings (SSSR count). The first-order chi connectivity index (χ1) is 12.0. The molecule has 1 aliphatic carbocycles. The normalized spacial score (nSPS) is 15.0. The summed E-state index contributed by atoms with van der Waals surface area (Å²) in [5.41, 5.74) is 1.45. The fraction of sp³-hybridized carbons (Fsp3) is 0.353. The van der Waals surface area contributed by atoms with Crippen LogP contribution in [-0.4, -0.2) is 26.6 Å². The molecule has 0 atom stereocenters. The Bertz CT molecular complexity index is 996. The second-order valence-electron chi connectivity index (χ2n) is 6.26. The van der Waals surface area contributed by atoms with Crippen LogP contribution < -0.4 is 5.32 Å². The summed E-state index contributed by atoms with van der Waals surface area (Å²) in [6.07, 6.45) is 1.81. The van der Waals surface area contributed by atoms with Crippen molar-refractivity contribution < 1.29 is 9.21 Å². The Hall–Kier alpha value is -2.79. The number of benzene rings is 1. The summed E-state index contributed by atoms with van der Waals surface area (Å²) in [6, 6.07) is 8.27. The van der Waals surface area contributed by atoms with Gasteiger partial charge in [0.25, 0.3) is 0 Å². The number of nitrogens with one attached hydrogen (secondary N) is 1. The molecule has 0 spiro atoms. The van der Waals surface area contributed by atoms with Crippen LogP contribution in [0.2, 0.25) is 0 Å². The number of carbonyl (C=O) groups is 1. The van der Waals surface area contributed by atoms with Crippen molar-refractivity contribution in [2.75, 3.05) is 0 Å². The van der Waals surface area contributed by atoms with Gasteiger partial charge in [-0.25, -0.2) is 4.98 Å². The van der Waals surface area contributed by atoms with Crippen molar-refractivity contribution in [3.8, 4) is 6.07 Å². The lowest BCUT2D eigenvalue weighted by Gasteiger charge is -2.06. The molecule has 0 aliphatic heterocycles. The van der Waals surface area contributed by atoms with Crippen molar-refractivity contribution in [1.29, 1.82) is 5.26 Å². The molecule has 1 saturated carbocycles. The van der Waals surface area contributed by atoms with Gasteiger partial charge in [-0.3, -0.25) is 4.79 Å². The van der Waals surface area contributed by atoms with E-state index in [1.54, 1.807) is 11.3 Å². The van der Waals surface area contributed by atoms with Crippen LogP contribution in [0.1, 0.15) is 35.2 Å². The van der Waals surface area contributed by atoms with Crippen molar-refractivity contribution in [3.63, 3.8) is 0 Å². The maximum absolute atomic E-state index is 11.9. The standard InChI is InChI=1S/C17H15N5O2S/c1-10-2-3-12-11(6-10)19-16(25-12)8-15-22-21-14(24-15)7-13(23)20-17(9-18)4-5-17/h2-3,6H,4-5,7-8H2,1H3,(H,20,23). The van der Waals surface area contributed by atoms with Gasteiger partial charge in [-0.1, -0.05) is 6.07 Å². The number of hydrogen-bond donors (Lipinski definition) is 1. The Kier molecular flexibility index (Phi) is 3.73. The molecule has 7 nitrogen and oxygen atoms in total. The molecule has 1 aliphatic rings. The van der Waals surface area contributed by atoms with Gasteiger partial charge in [-0.2, -0.15) is 5.26 Å². The zero-order valence-electron chi connectivity index (χ0n) is 13.6. The van der Waals surface area contributed by atoms with Gasteiger partial charge in [0.2, 0.25) is 17.7 Å². The van der Waals surface area contributed by atoms with E-state index in [9.17, 15) is 4.79 Å². The second-order valence-corrected chi connectivity index (χ2v) is 7.38. The van der Waals surface area contributed by atoms with Crippen LogP contribution in [-0.2, 0) is 17.6 Å². The highest BCUT2D eigenvalue weighted by Crippen LogP contribution is 2.34. The Morgan fingerprint density at radius 1 is 1.40 bits per heavy atom. The third-order valence-corrected chi connectivity index (χ3v) is 5.09. The maximum Gasteiger partial charge on any atom is 0.230 e. The van der Waals surface area contributed by atoms with Gasteiger partial charge in [0.1, 0.15) is 17.0 Å². The fourth-order valence-corrected chi connectivity index (χ4v) is 3.50. The van der Waals surface area contributed by atoms with E-state index in [4.69, 9.17) is 9.68 Å². The molecular formula is C17H15N5O2S. The van der Waals surface area contributed by atoms with Gasteiger partial charge >= 0.3 is 0 Å². The first-order valence-corrected chi connectivity index (χ1v) is 8.76. The molecule has 25 heavy (non-hydrogen) atoms. The van der Waals surface area contributed by atoms with Crippen LogP contribution >= 0.6 is 11.3 Å². The Balaban J connectivity index is 1.42. The molecule has 2 aromatic heterocycles. The first kappa shape index (κ1) is 15.7. The largest absolute Gasteiger partial charge is 0.424 e. The Labute approximate surface area is 147 Å². The lowest BCUT2D eigenvalue weighted by atomic mass is 10.2. The molecule has 2 heterocycles. The van der Waals surface area contributed by atoms with Gasteiger partial charge in [-0.15, -0.1) is 21.5 Å². The monoisotopic (exact) mass is 353 g/mol. The number of hydrogen-bond acceptors (Lipinski definition) is 7. The van der Waals surface area contributed by atoms with Crippen molar-refractivity contribution >= 4 is 27.5 Å². The fourth-order valence-electron chi connectivity index (χ4n) is 2.56. The summed E-state index contributed by atoms with van der Waals surface area (Å²) >= 11 is 1.59. The van der Waals surface area contributed by atoms with E-state index < -0.39 is 5.54 Å². The Morgan fingerprint density at radius 2 is 2.20 bits per heavy atom. The number of nitrogens with zero attached hydrogens (tertiary/aromatic N) is 4. The average Bonchev–Trinajstić information content (AvgIpc) is 3.02. The first-order valence-electron chi connectivity index (χ1n) is 7.95. The zero-order chi connectivity index (χ0) is 17.4. The van der Waals surface area contributed by atoms with Gasteiger partial charge in [0.15, 0.2) is 0 Å². The predicted molar refractivity (Wildman–Crippen MR) is 90.9 cm³/mol. The average molecular weight is 353 g/mol. The van der Waals surface area contributed by atoms with Gasteiger partial charge in [0.05, 0.1) is 22.7 Å². The summed E-state index contributed by atoms with van der Waals surface area (Å²) < 4.78 is 6.66. The van der Waals surface area contributed by atoms with E-state index >= 15 is 0 Å². The smallest absolute Gasteiger partial charge is 0.230 e. The SMILES string of the molecule is Cc1ccc2sc(Cc3nnc(CC(=O)NC4(C#N)CC4)o3)nc2c1. The molecule has 3 aromatic rings. The molecule has 0 saturated heterocycles. The highest BCUT2D eigenvalue weighted by atomic mass is 32.1. The summed E-state index contributed by atoms with van der Waals surface area (Å²) in [6.45, 7) is 2.03. The summed E-state index contributed by atoms with van der Waals surface area (Å²) in [5, 5.41) is 20.5. The molecule has 8 heteroatoms. The summed E-state index contributed by atoms with van der Waals surface area (Å²) in [5.74, 6) is 0.405. The number of carbonyl (C=O) groups excluding carboxylic acids is 1. The van der Waals surface area contributed by atoms with Gasteiger partial charge in [-0.05, 0) is 37.5 Å². The van der Waals surface area contributed by atoms with E-state index in [-0.39, 0.29) is 18.2 Å². The van der Waals surface area contributed by atoms with E-state index in [1.807, 2.05) is 13.0 Å². The molecule has 1 aromatic carbocycles. The topological polar surface area (TPSA) is 105 Å².